The highest BCUT2D eigenvalue weighted by Gasteiger charge is 2.10. The van der Waals surface area contributed by atoms with Crippen LogP contribution in [0.5, 0.6) is 5.75 Å². The Morgan fingerprint density at radius 1 is 1.50 bits per heavy atom. The van der Waals surface area contributed by atoms with Crippen molar-refractivity contribution in [3.63, 3.8) is 0 Å². The number of methoxy groups -OCH3 is 1. The number of imidazole rings is 1. The molecule has 2 heterocycles. The van der Waals surface area contributed by atoms with Crippen LogP contribution in [0.2, 0.25) is 0 Å². The number of hydrogen-bond acceptors (Lipinski definition) is 4. The molecule has 2 rings (SSSR count). The van der Waals surface area contributed by atoms with E-state index in [-0.39, 0.29) is 5.69 Å². The average Bonchev–Trinajstić information content (AvgIpc) is 2.78. The molecule has 0 aliphatic carbocycles. The lowest BCUT2D eigenvalue weighted by Gasteiger charge is -2.06. The smallest absolute Gasteiger partial charge is 0.356 e. The molecule has 2 aromatic heterocycles. The number of carboxylic acid groups (broad SMARTS) is 1. The zero-order chi connectivity index (χ0) is 11.5. The molecule has 0 unspecified atom stereocenters. The normalized spacial score (nSPS) is 10.1. The lowest BCUT2D eigenvalue weighted by atomic mass is 10.4. The van der Waals surface area contributed by atoms with E-state index in [2.05, 4.69) is 9.97 Å². The largest absolute Gasteiger partial charge is 0.493 e. The molecule has 6 nitrogen and oxygen atoms in total. The molecule has 16 heavy (non-hydrogen) atoms. The van der Waals surface area contributed by atoms with Crippen LogP contribution in [0.3, 0.4) is 0 Å². The van der Waals surface area contributed by atoms with Gasteiger partial charge in [-0.05, 0) is 12.1 Å². The molecule has 0 aliphatic rings. The molecule has 0 fully saturated rings. The Balaban J connectivity index is 2.46. The number of aromatic carboxylic acids is 1. The van der Waals surface area contributed by atoms with E-state index in [1.165, 1.54) is 24.2 Å². The molecular weight excluding hydrogens is 210 g/mol. The summed E-state index contributed by atoms with van der Waals surface area (Å²) < 4.78 is 6.61. The molecule has 6 heteroatoms. The number of carbonyl (C=O) groups is 1. The molecule has 0 radical (unpaired) electrons. The first-order valence-electron chi connectivity index (χ1n) is 4.49. The van der Waals surface area contributed by atoms with Gasteiger partial charge in [-0.1, -0.05) is 0 Å². The van der Waals surface area contributed by atoms with Gasteiger partial charge in [0.2, 0.25) is 0 Å². The van der Waals surface area contributed by atoms with Crippen molar-refractivity contribution >= 4 is 5.97 Å². The van der Waals surface area contributed by atoms with E-state index in [1.54, 1.807) is 18.3 Å². The van der Waals surface area contributed by atoms with E-state index < -0.39 is 5.97 Å². The van der Waals surface area contributed by atoms with Gasteiger partial charge >= 0.3 is 5.97 Å². The number of rotatable bonds is 3. The zero-order valence-electron chi connectivity index (χ0n) is 8.49. The van der Waals surface area contributed by atoms with Gasteiger partial charge in [-0.25, -0.2) is 14.8 Å². The molecule has 0 aliphatic heterocycles. The molecule has 0 spiro atoms. The highest BCUT2D eigenvalue weighted by atomic mass is 16.5. The van der Waals surface area contributed by atoms with E-state index in [0.717, 1.165) is 0 Å². The quantitative estimate of drug-likeness (QED) is 0.832. The number of nitrogens with zero attached hydrogens (tertiary/aromatic N) is 3. The van der Waals surface area contributed by atoms with E-state index in [1.807, 2.05) is 0 Å². The van der Waals surface area contributed by atoms with Crippen molar-refractivity contribution < 1.29 is 14.6 Å². The van der Waals surface area contributed by atoms with Crippen molar-refractivity contribution in [1.82, 2.24) is 14.5 Å². The van der Waals surface area contributed by atoms with Crippen LogP contribution in [-0.2, 0) is 0 Å². The Kier molecular flexibility index (Phi) is 2.55. The van der Waals surface area contributed by atoms with E-state index in [0.29, 0.717) is 11.6 Å². The summed E-state index contributed by atoms with van der Waals surface area (Å²) in [5, 5.41) is 8.74. The fourth-order valence-electron chi connectivity index (χ4n) is 1.28. The molecule has 0 saturated carbocycles. The second-order valence-electron chi connectivity index (χ2n) is 3.00. The summed E-state index contributed by atoms with van der Waals surface area (Å²) in [4.78, 5) is 18.5. The maximum atomic E-state index is 10.7. The summed E-state index contributed by atoms with van der Waals surface area (Å²) in [5.74, 6) is -0.0181. The van der Waals surface area contributed by atoms with Crippen LogP contribution < -0.4 is 4.74 Å². The third kappa shape index (κ3) is 1.72. The Morgan fingerprint density at radius 3 is 2.94 bits per heavy atom. The summed E-state index contributed by atoms with van der Waals surface area (Å²) in [6, 6.07) is 3.47. The maximum Gasteiger partial charge on any atom is 0.356 e. The summed E-state index contributed by atoms with van der Waals surface area (Å²) in [7, 11) is 1.52. The molecule has 2 aromatic rings. The van der Waals surface area contributed by atoms with E-state index in [4.69, 9.17) is 9.84 Å². The number of aromatic nitrogens is 3. The van der Waals surface area contributed by atoms with Gasteiger partial charge in [0.25, 0.3) is 0 Å². The third-order valence-electron chi connectivity index (χ3n) is 2.02. The number of ether oxygens (including phenoxy) is 1. The fraction of sp³-hybridized carbons (Fsp3) is 0.100. The predicted octanol–water partition coefficient (Wildman–Crippen LogP) is 0.974. The van der Waals surface area contributed by atoms with Crippen LogP contribution in [-0.4, -0.2) is 32.7 Å². The summed E-state index contributed by atoms with van der Waals surface area (Å²) in [5.41, 5.74) is -0.0345. The highest BCUT2D eigenvalue weighted by molar-refractivity contribution is 5.85. The minimum atomic E-state index is -1.08. The molecule has 0 atom stereocenters. The Labute approximate surface area is 91.1 Å². The number of pyridine rings is 1. The van der Waals surface area contributed by atoms with Crippen LogP contribution >= 0.6 is 0 Å². The summed E-state index contributed by atoms with van der Waals surface area (Å²) in [6.07, 6.45) is 4.36. The van der Waals surface area contributed by atoms with Crippen LogP contribution in [0.4, 0.5) is 0 Å². The Hall–Kier alpha value is -2.37. The van der Waals surface area contributed by atoms with Crippen molar-refractivity contribution in [1.29, 1.82) is 0 Å². The first-order valence-corrected chi connectivity index (χ1v) is 4.49. The van der Waals surface area contributed by atoms with Gasteiger partial charge in [-0.2, -0.15) is 0 Å². The molecule has 0 saturated heterocycles. The van der Waals surface area contributed by atoms with Crippen molar-refractivity contribution in [3.05, 3.63) is 36.5 Å². The van der Waals surface area contributed by atoms with Crippen LogP contribution in [0.15, 0.2) is 30.9 Å². The predicted molar refractivity (Wildman–Crippen MR) is 54.9 cm³/mol. The van der Waals surface area contributed by atoms with E-state index >= 15 is 0 Å². The molecule has 82 valence electrons. The minimum absolute atomic E-state index is 0.0345. The van der Waals surface area contributed by atoms with Gasteiger partial charge in [0.1, 0.15) is 6.33 Å². The van der Waals surface area contributed by atoms with Crippen LogP contribution in [0, 0.1) is 0 Å². The van der Waals surface area contributed by atoms with Crippen LogP contribution in [0.25, 0.3) is 5.82 Å². The van der Waals surface area contributed by atoms with Gasteiger partial charge in [-0.15, -0.1) is 0 Å². The molecule has 0 bridgehead atoms. The van der Waals surface area contributed by atoms with Crippen LogP contribution in [0.1, 0.15) is 10.5 Å². The monoisotopic (exact) mass is 219 g/mol. The third-order valence-corrected chi connectivity index (χ3v) is 2.02. The number of hydrogen-bond donors (Lipinski definition) is 1. The van der Waals surface area contributed by atoms with Crippen molar-refractivity contribution in [2.75, 3.05) is 7.11 Å². The lowest BCUT2D eigenvalue weighted by molar-refractivity contribution is 0.0691. The highest BCUT2D eigenvalue weighted by Crippen LogP contribution is 2.19. The molecule has 0 aromatic carbocycles. The van der Waals surface area contributed by atoms with Crippen molar-refractivity contribution in [3.8, 4) is 11.6 Å². The minimum Gasteiger partial charge on any atom is -0.493 e. The van der Waals surface area contributed by atoms with Gasteiger partial charge in [0.05, 0.1) is 7.11 Å². The topological polar surface area (TPSA) is 77.2 Å². The SMILES string of the molecule is COc1cccnc1-n1cnc(C(=O)O)c1. The van der Waals surface area contributed by atoms with E-state index in [9.17, 15) is 4.79 Å². The first kappa shape index (κ1) is 10.2. The molecule has 1 N–H and O–H groups in total. The second kappa shape index (κ2) is 4.01. The number of carboxylic acids is 1. The Morgan fingerprint density at radius 2 is 2.31 bits per heavy atom. The first-order chi connectivity index (χ1) is 7.72. The van der Waals surface area contributed by atoms with Crippen molar-refractivity contribution in [2.24, 2.45) is 0 Å². The van der Waals surface area contributed by atoms with Gasteiger partial charge in [-0.3, -0.25) is 4.57 Å². The van der Waals surface area contributed by atoms with Gasteiger partial charge in [0.15, 0.2) is 17.3 Å². The summed E-state index contributed by atoms with van der Waals surface area (Å²) >= 11 is 0. The van der Waals surface area contributed by atoms with Crippen molar-refractivity contribution in [2.45, 2.75) is 0 Å². The lowest BCUT2D eigenvalue weighted by Crippen LogP contribution is -1.99. The van der Waals surface area contributed by atoms with Gasteiger partial charge in [0, 0.05) is 12.4 Å². The molecule has 0 amide bonds. The second-order valence-corrected chi connectivity index (χ2v) is 3.00. The fourth-order valence-corrected chi connectivity index (χ4v) is 1.28. The average molecular weight is 219 g/mol. The standard InChI is InChI=1S/C10H9N3O3/c1-16-8-3-2-4-11-9(8)13-5-7(10(14)15)12-6-13/h2-6H,1H3,(H,14,15). The Bertz CT molecular complexity index is 522. The van der Waals surface area contributed by atoms with Gasteiger partial charge < -0.3 is 9.84 Å². The molecular formula is C10H9N3O3. The summed E-state index contributed by atoms with van der Waals surface area (Å²) in [6.45, 7) is 0. The zero-order valence-corrected chi connectivity index (χ0v) is 8.49. The maximum absolute atomic E-state index is 10.7.